The van der Waals surface area contributed by atoms with Gasteiger partial charge in [0.1, 0.15) is 0 Å². The summed E-state index contributed by atoms with van der Waals surface area (Å²) in [6.07, 6.45) is 1.71. The summed E-state index contributed by atoms with van der Waals surface area (Å²) in [5.41, 5.74) is 2.22. The number of hydrogen-bond donors (Lipinski definition) is 1. The van der Waals surface area contributed by atoms with Gasteiger partial charge in [-0.2, -0.15) is 0 Å². The van der Waals surface area contributed by atoms with E-state index in [4.69, 9.17) is 4.42 Å². The molecule has 0 fully saturated rings. The zero-order chi connectivity index (χ0) is 11.7. The molecule has 1 unspecified atom stereocenters. The minimum Gasteiger partial charge on any atom is -0.462 e. The van der Waals surface area contributed by atoms with Crippen molar-refractivity contribution < 1.29 is 4.42 Å². The van der Waals surface area contributed by atoms with E-state index in [-0.39, 0.29) is 0 Å². The van der Waals surface area contributed by atoms with Crippen LogP contribution in [0.1, 0.15) is 29.1 Å². The van der Waals surface area contributed by atoms with Crippen molar-refractivity contribution in [2.75, 3.05) is 7.05 Å². The number of rotatable bonds is 3. The fraction of sp³-hybridized carbons (Fsp3) is 0.417. The minimum atomic E-state index is 0.335. The molecule has 2 aromatic rings. The standard InChI is InChI=1S/C12H16N2OS/c1-7-5-6-15-10(7)12-14-9(3)11(16-12)8(2)13-4/h5-6,8,13H,1-4H3. The molecule has 0 aliphatic heterocycles. The van der Waals surface area contributed by atoms with E-state index in [0.717, 1.165) is 22.0 Å². The van der Waals surface area contributed by atoms with Gasteiger partial charge in [-0.15, -0.1) is 11.3 Å². The molecule has 16 heavy (non-hydrogen) atoms. The summed E-state index contributed by atoms with van der Waals surface area (Å²) in [5.74, 6) is 0.891. The summed E-state index contributed by atoms with van der Waals surface area (Å²) in [5, 5.41) is 4.20. The molecular weight excluding hydrogens is 220 g/mol. The molecule has 1 N–H and O–H groups in total. The quantitative estimate of drug-likeness (QED) is 0.888. The van der Waals surface area contributed by atoms with Crippen LogP contribution in [0.4, 0.5) is 0 Å². The Labute approximate surface area is 99.5 Å². The van der Waals surface area contributed by atoms with E-state index in [1.807, 2.05) is 27.0 Å². The number of aryl methyl sites for hydroxylation is 2. The molecule has 0 bridgehead atoms. The Hall–Kier alpha value is -1.13. The van der Waals surface area contributed by atoms with Crippen molar-refractivity contribution in [3.63, 3.8) is 0 Å². The zero-order valence-electron chi connectivity index (χ0n) is 10.00. The van der Waals surface area contributed by atoms with Gasteiger partial charge in [0, 0.05) is 10.9 Å². The Bertz CT molecular complexity index is 487. The van der Waals surface area contributed by atoms with Crippen LogP contribution in [0.2, 0.25) is 0 Å². The Balaban J connectivity index is 2.42. The van der Waals surface area contributed by atoms with Crippen molar-refractivity contribution in [2.45, 2.75) is 26.8 Å². The minimum absolute atomic E-state index is 0.335. The topological polar surface area (TPSA) is 38.1 Å². The van der Waals surface area contributed by atoms with Crippen LogP contribution < -0.4 is 5.32 Å². The molecule has 86 valence electrons. The maximum absolute atomic E-state index is 5.46. The van der Waals surface area contributed by atoms with Gasteiger partial charge < -0.3 is 9.73 Å². The van der Waals surface area contributed by atoms with E-state index >= 15 is 0 Å². The number of furan rings is 1. The first-order chi connectivity index (χ1) is 7.63. The molecular formula is C12H16N2OS. The average Bonchev–Trinajstić information content (AvgIpc) is 2.83. The average molecular weight is 236 g/mol. The van der Waals surface area contributed by atoms with E-state index in [1.54, 1.807) is 17.6 Å². The first-order valence-electron chi connectivity index (χ1n) is 5.32. The van der Waals surface area contributed by atoms with Gasteiger partial charge in [0.2, 0.25) is 0 Å². The number of thiazole rings is 1. The molecule has 2 aromatic heterocycles. The van der Waals surface area contributed by atoms with Gasteiger partial charge in [0.25, 0.3) is 0 Å². The summed E-state index contributed by atoms with van der Waals surface area (Å²) < 4.78 is 5.46. The largest absolute Gasteiger partial charge is 0.462 e. The third-order valence-corrected chi connectivity index (χ3v) is 4.05. The van der Waals surface area contributed by atoms with E-state index in [0.29, 0.717) is 6.04 Å². The highest BCUT2D eigenvalue weighted by Crippen LogP contribution is 2.33. The summed E-state index contributed by atoms with van der Waals surface area (Å²) in [4.78, 5) is 5.84. The molecule has 1 atom stereocenters. The van der Waals surface area contributed by atoms with Gasteiger partial charge in [-0.05, 0) is 39.4 Å². The van der Waals surface area contributed by atoms with Crippen LogP contribution in [-0.4, -0.2) is 12.0 Å². The molecule has 2 rings (SSSR count). The Morgan fingerprint density at radius 1 is 1.44 bits per heavy atom. The summed E-state index contributed by atoms with van der Waals surface area (Å²) in [7, 11) is 1.96. The predicted molar refractivity (Wildman–Crippen MR) is 66.8 cm³/mol. The van der Waals surface area contributed by atoms with Crippen LogP contribution in [-0.2, 0) is 0 Å². The third-order valence-electron chi connectivity index (χ3n) is 2.72. The summed E-state index contributed by atoms with van der Waals surface area (Å²) in [6, 6.07) is 2.30. The lowest BCUT2D eigenvalue weighted by Crippen LogP contribution is -2.11. The Morgan fingerprint density at radius 3 is 2.75 bits per heavy atom. The fourth-order valence-electron chi connectivity index (χ4n) is 1.63. The second-order valence-electron chi connectivity index (χ2n) is 3.91. The zero-order valence-corrected chi connectivity index (χ0v) is 10.8. The van der Waals surface area contributed by atoms with Gasteiger partial charge >= 0.3 is 0 Å². The van der Waals surface area contributed by atoms with Crippen molar-refractivity contribution in [3.05, 3.63) is 28.5 Å². The van der Waals surface area contributed by atoms with Crippen molar-refractivity contribution in [2.24, 2.45) is 0 Å². The van der Waals surface area contributed by atoms with E-state index in [2.05, 4.69) is 17.2 Å². The molecule has 0 aliphatic rings. The van der Waals surface area contributed by atoms with Crippen molar-refractivity contribution >= 4 is 11.3 Å². The molecule has 0 aliphatic carbocycles. The monoisotopic (exact) mass is 236 g/mol. The van der Waals surface area contributed by atoms with Crippen LogP contribution in [0.15, 0.2) is 16.7 Å². The lowest BCUT2D eigenvalue weighted by Gasteiger charge is -2.06. The van der Waals surface area contributed by atoms with Gasteiger partial charge in [-0.25, -0.2) is 4.98 Å². The second kappa shape index (κ2) is 4.39. The fourth-order valence-corrected chi connectivity index (χ4v) is 2.81. The molecule has 3 nitrogen and oxygen atoms in total. The highest BCUT2D eigenvalue weighted by atomic mass is 32.1. The number of nitrogens with zero attached hydrogens (tertiary/aromatic N) is 1. The molecule has 0 spiro atoms. The lowest BCUT2D eigenvalue weighted by atomic mass is 10.2. The first-order valence-corrected chi connectivity index (χ1v) is 6.14. The van der Waals surface area contributed by atoms with E-state index in [9.17, 15) is 0 Å². The van der Waals surface area contributed by atoms with E-state index in [1.165, 1.54) is 4.88 Å². The van der Waals surface area contributed by atoms with Crippen LogP contribution in [0.3, 0.4) is 0 Å². The van der Waals surface area contributed by atoms with E-state index < -0.39 is 0 Å². The van der Waals surface area contributed by atoms with Crippen molar-refractivity contribution in [1.29, 1.82) is 0 Å². The van der Waals surface area contributed by atoms with Crippen LogP contribution >= 0.6 is 11.3 Å². The van der Waals surface area contributed by atoms with Gasteiger partial charge in [0.05, 0.1) is 12.0 Å². The van der Waals surface area contributed by atoms with Crippen LogP contribution in [0.5, 0.6) is 0 Å². The van der Waals surface area contributed by atoms with Gasteiger partial charge in [-0.1, -0.05) is 0 Å². The number of nitrogens with one attached hydrogen (secondary N) is 1. The molecule has 0 aromatic carbocycles. The molecule has 2 heterocycles. The predicted octanol–water partition coefficient (Wildman–Crippen LogP) is 3.30. The molecule has 0 saturated carbocycles. The first kappa shape index (κ1) is 11.4. The second-order valence-corrected chi connectivity index (χ2v) is 4.94. The molecule has 0 saturated heterocycles. The van der Waals surface area contributed by atoms with Crippen molar-refractivity contribution in [3.8, 4) is 10.8 Å². The normalized spacial score (nSPS) is 13.0. The molecule has 0 amide bonds. The van der Waals surface area contributed by atoms with Crippen LogP contribution in [0.25, 0.3) is 10.8 Å². The highest BCUT2D eigenvalue weighted by molar-refractivity contribution is 7.15. The third kappa shape index (κ3) is 1.90. The Kier molecular flexibility index (Phi) is 3.12. The van der Waals surface area contributed by atoms with Gasteiger partial charge in [-0.3, -0.25) is 0 Å². The number of aromatic nitrogens is 1. The summed E-state index contributed by atoms with van der Waals surface area (Å²) >= 11 is 1.70. The highest BCUT2D eigenvalue weighted by Gasteiger charge is 2.16. The number of hydrogen-bond acceptors (Lipinski definition) is 4. The Morgan fingerprint density at radius 2 is 2.19 bits per heavy atom. The maximum Gasteiger partial charge on any atom is 0.165 e. The smallest absolute Gasteiger partial charge is 0.165 e. The van der Waals surface area contributed by atoms with Crippen molar-refractivity contribution in [1.82, 2.24) is 10.3 Å². The lowest BCUT2D eigenvalue weighted by molar-refractivity contribution is 0.580. The summed E-state index contributed by atoms with van der Waals surface area (Å²) in [6.45, 7) is 6.22. The SMILES string of the molecule is CNC(C)c1sc(-c2occc2C)nc1C. The van der Waals surface area contributed by atoms with Crippen LogP contribution in [0, 0.1) is 13.8 Å². The molecule has 0 radical (unpaired) electrons. The molecule has 4 heteroatoms. The maximum atomic E-state index is 5.46. The van der Waals surface area contributed by atoms with Gasteiger partial charge in [0.15, 0.2) is 10.8 Å².